The van der Waals surface area contributed by atoms with Gasteiger partial charge in [0.15, 0.2) is 46.5 Å². The van der Waals surface area contributed by atoms with E-state index in [4.69, 9.17) is 0 Å². The summed E-state index contributed by atoms with van der Waals surface area (Å²) in [7, 11) is 0. The summed E-state index contributed by atoms with van der Waals surface area (Å²) in [6.45, 7) is 0. The summed E-state index contributed by atoms with van der Waals surface area (Å²) in [5.41, 5.74) is 5.59. The van der Waals surface area contributed by atoms with E-state index in [9.17, 15) is 35.1 Å². The van der Waals surface area contributed by atoms with Crippen LogP contribution in [-0.2, 0) is 0 Å². The fraction of sp³-hybridized carbons (Fsp3) is 0. The molecule has 0 atom stereocenters. The molecule has 0 N–H and O–H groups in total. The molecule has 4 aromatic carbocycles. The van der Waals surface area contributed by atoms with Crippen molar-refractivity contribution < 1.29 is 35.1 Å². The highest BCUT2D eigenvalue weighted by molar-refractivity contribution is 6.02. The predicted octanol–water partition coefficient (Wildman–Crippen LogP) is 7.29. The Balaban J connectivity index is 0.000000156. The SMILES string of the molecule is Fc1c(F)c(F)c2c(F)c(F)c(F)c(F)c2c1F.c1ccc2c(c1)-c1ccccc1-2. The molecular formula is C22H8F8. The lowest BCUT2D eigenvalue weighted by Crippen LogP contribution is -2.06. The van der Waals surface area contributed by atoms with Crippen molar-refractivity contribution in [2.45, 2.75) is 0 Å². The van der Waals surface area contributed by atoms with E-state index in [1.807, 2.05) is 0 Å². The predicted molar refractivity (Wildman–Crippen MR) is 94.5 cm³/mol. The Bertz CT molecular complexity index is 1110. The fourth-order valence-corrected chi connectivity index (χ4v) is 3.30. The number of rotatable bonds is 0. The van der Waals surface area contributed by atoms with Crippen molar-refractivity contribution in [1.29, 1.82) is 0 Å². The largest absolute Gasteiger partial charge is 0.203 e. The molecule has 5 rings (SSSR count). The third-order valence-corrected chi connectivity index (χ3v) is 4.72. The summed E-state index contributed by atoms with van der Waals surface area (Å²) in [6.07, 6.45) is 0. The molecule has 152 valence electrons. The first kappa shape index (κ1) is 19.9. The molecule has 0 bridgehead atoms. The van der Waals surface area contributed by atoms with Crippen LogP contribution in [0.5, 0.6) is 0 Å². The van der Waals surface area contributed by atoms with E-state index in [2.05, 4.69) is 48.5 Å². The zero-order valence-electron chi connectivity index (χ0n) is 14.6. The highest BCUT2D eigenvalue weighted by atomic mass is 19.2. The molecule has 8 heteroatoms. The molecule has 0 unspecified atom stereocenters. The Morgan fingerprint density at radius 3 is 0.700 bits per heavy atom. The molecule has 4 aromatic rings. The molecular weight excluding hydrogens is 416 g/mol. The Hall–Kier alpha value is -3.42. The van der Waals surface area contributed by atoms with Gasteiger partial charge in [-0.05, 0) is 22.3 Å². The van der Waals surface area contributed by atoms with Gasteiger partial charge < -0.3 is 0 Å². The summed E-state index contributed by atoms with van der Waals surface area (Å²) >= 11 is 0. The van der Waals surface area contributed by atoms with Crippen molar-refractivity contribution in [2.24, 2.45) is 0 Å². The van der Waals surface area contributed by atoms with Gasteiger partial charge in [0.25, 0.3) is 0 Å². The van der Waals surface area contributed by atoms with Crippen LogP contribution in [0.2, 0.25) is 0 Å². The second kappa shape index (κ2) is 7.12. The van der Waals surface area contributed by atoms with E-state index in [-0.39, 0.29) is 0 Å². The highest BCUT2D eigenvalue weighted by Gasteiger charge is 2.30. The standard InChI is InChI=1S/C12H8.C10F8/c1-2-6-10-9(5-1)11-7-3-4-8-12(10)11;11-3-1-2(5(13)9(17)7(3)15)6(14)10(18)8(16)4(1)12/h1-8H;. The minimum absolute atomic E-state index is 1.40. The smallest absolute Gasteiger partial charge is 0.198 e. The quantitative estimate of drug-likeness (QED) is 0.139. The van der Waals surface area contributed by atoms with E-state index in [1.54, 1.807) is 0 Å². The van der Waals surface area contributed by atoms with E-state index in [0.29, 0.717) is 0 Å². The van der Waals surface area contributed by atoms with Gasteiger partial charge in [-0.1, -0.05) is 48.5 Å². The van der Waals surface area contributed by atoms with E-state index in [1.165, 1.54) is 22.3 Å². The number of fused-ring (bicyclic) bond motifs is 5. The van der Waals surface area contributed by atoms with Gasteiger partial charge in [-0.25, -0.2) is 35.1 Å². The monoisotopic (exact) mass is 424 g/mol. The average Bonchev–Trinajstić information content (AvgIpc) is 2.76. The number of halogens is 8. The summed E-state index contributed by atoms with van der Waals surface area (Å²) in [4.78, 5) is 0. The topological polar surface area (TPSA) is 0 Å². The second-order valence-corrected chi connectivity index (χ2v) is 6.35. The molecule has 30 heavy (non-hydrogen) atoms. The summed E-state index contributed by atoms with van der Waals surface area (Å²) in [6, 6.07) is 17.1. The third-order valence-electron chi connectivity index (χ3n) is 4.72. The first-order chi connectivity index (χ1) is 14.3. The lowest BCUT2D eigenvalue weighted by molar-refractivity contribution is 0.395. The molecule has 0 amide bonds. The molecule has 1 aliphatic rings. The maximum absolute atomic E-state index is 13.1. The van der Waals surface area contributed by atoms with Gasteiger partial charge in [-0.3, -0.25) is 0 Å². The maximum Gasteiger partial charge on any atom is 0.198 e. The zero-order valence-corrected chi connectivity index (χ0v) is 14.6. The van der Waals surface area contributed by atoms with Crippen LogP contribution in [0.25, 0.3) is 33.0 Å². The van der Waals surface area contributed by atoms with Crippen LogP contribution in [0.15, 0.2) is 48.5 Å². The molecule has 0 fully saturated rings. The summed E-state index contributed by atoms with van der Waals surface area (Å²) in [5, 5.41) is -3.66. The molecule has 0 heterocycles. The normalized spacial score (nSPS) is 11.3. The number of benzene rings is 4. The summed E-state index contributed by atoms with van der Waals surface area (Å²) in [5.74, 6) is -19.2. The molecule has 1 aliphatic carbocycles. The van der Waals surface area contributed by atoms with Crippen molar-refractivity contribution >= 4 is 10.8 Å². The molecule has 0 saturated heterocycles. The van der Waals surface area contributed by atoms with Crippen molar-refractivity contribution in [3.63, 3.8) is 0 Å². The zero-order chi connectivity index (χ0) is 21.7. The lowest BCUT2D eigenvalue weighted by Gasteiger charge is -2.22. The van der Waals surface area contributed by atoms with Gasteiger partial charge in [-0.2, -0.15) is 0 Å². The van der Waals surface area contributed by atoms with E-state index in [0.717, 1.165) is 0 Å². The lowest BCUT2D eigenvalue weighted by atomic mass is 9.81. The van der Waals surface area contributed by atoms with Crippen LogP contribution < -0.4 is 0 Å². The number of hydrogen-bond donors (Lipinski definition) is 0. The van der Waals surface area contributed by atoms with Crippen molar-refractivity contribution in [3.05, 3.63) is 95.1 Å². The maximum atomic E-state index is 13.1. The molecule has 0 radical (unpaired) electrons. The second-order valence-electron chi connectivity index (χ2n) is 6.35. The molecule has 0 nitrogen and oxygen atoms in total. The Kier molecular flexibility index (Phi) is 4.72. The van der Waals surface area contributed by atoms with Gasteiger partial charge in [0.1, 0.15) is 0 Å². The van der Waals surface area contributed by atoms with Crippen LogP contribution in [0.1, 0.15) is 0 Å². The van der Waals surface area contributed by atoms with Crippen molar-refractivity contribution in [1.82, 2.24) is 0 Å². The Labute approximate surface area is 164 Å². The van der Waals surface area contributed by atoms with Gasteiger partial charge in [0, 0.05) is 0 Å². The molecule has 0 spiro atoms. The molecule has 0 saturated carbocycles. The first-order valence-corrected chi connectivity index (χ1v) is 8.42. The highest BCUT2D eigenvalue weighted by Crippen LogP contribution is 2.46. The fourth-order valence-electron chi connectivity index (χ4n) is 3.30. The van der Waals surface area contributed by atoms with Crippen LogP contribution >= 0.6 is 0 Å². The van der Waals surface area contributed by atoms with Gasteiger partial charge in [0.2, 0.25) is 0 Å². The van der Waals surface area contributed by atoms with Crippen LogP contribution in [0.3, 0.4) is 0 Å². The van der Waals surface area contributed by atoms with Gasteiger partial charge in [0.05, 0.1) is 10.8 Å². The average molecular weight is 424 g/mol. The molecule has 0 aliphatic heterocycles. The van der Waals surface area contributed by atoms with Crippen molar-refractivity contribution in [3.8, 4) is 22.3 Å². The van der Waals surface area contributed by atoms with Crippen molar-refractivity contribution in [2.75, 3.05) is 0 Å². The van der Waals surface area contributed by atoms with E-state index < -0.39 is 57.3 Å². The van der Waals surface area contributed by atoms with Crippen LogP contribution in [0.4, 0.5) is 35.1 Å². The van der Waals surface area contributed by atoms with Crippen LogP contribution in [0, 0.1) is 46.5 Å². The minimum Gasteiger partial charge on any atom is -0.203 e. The Morgan fingerprint density at radius 2 is 0.500 bits per heavy atom. The van der Waals surface area contributed by atoms with Crippen LogP contribution in [-0.4, -0.2) is 0 Å². The third kappa shape index (κ3) is 2.74. The molecule has 0 aromatic heterocycles. The van der Waals surface area contributed by atoms with Gasteiger partial charge in [-0.15, -0.1) is 0 Å². The van der Waals surface area contributed by atoms with Gasteiger partial charge >= 0.3 is 0 Å². The number of hydrogen-bond acceptors (Lipinski definition) is 0. The summed E-state index contributed by atoms with van der Waals surface area (Å²) < 4.78 is 104. The van der Waals surface area contributed by atoms with E-state index >= 15 is 0 Å². The minimum atomic E-state index is -2.45. The Morgan fingerprint density at radius 1 is 0.300 bits per heavy atom. The first-order valence-electron chi connectivity index (χ1n) is 8.42.